The molecule has 13 nitrogen and oxygen atoms in total. The predicted octanol–water partition coefficient (Wildman–Crippen LogP) is 5.09. The number of aromatic nitrogens is 5. The molecule has 3 unspecified atom stereocenters. The number of carbonyl (C=O) groups is 2. The second kappa shape index (κ2) is 13.0. The van der Waals surface area contributed by atoms with Crippen LogP contribution in [-0.2, 0) is 0 Å². The average molecular weight is 662 g/mol. The van der Waals surface area contributed by atoms with E-state index < -0.39 is 30.2 Å². The number of likely N-dealkylation sites (tertiary alicyclic amines) is 1. The van der Waals surface area contributed by atoms with Crippen molar-refractivity contribution in [1.82, 2.24) is 29.8 Å². The van der Waals surface area contributed by atoms with Crippen LogP contribution in [0.5, 0.6) is 11.8 Å². The molecule has 1 aromatic carbocycles. The molecule has 1 saturated heterocycles. The van der Waals surface area contributed by atoms with E-state index in [0.717, 1.165) is 16.0 Å². The van der Waals surface area contributed by atoms with Crippen molar-refractivity contribution in [2.24, 2.45) is 0 Å². The fourth-order valence-corrected chi connectivity index (χ4v) is 6.42. The number of carboxylic acid groups (broad SMARTS) is 1. The van der Waals surface area contributed by atoms with Gasteiger partial charge >= 0.3 is 6.09 Å². The van der Waals surface area contributed by atoms with Crippen LogP contribution in [0.3, 0.4) is 0 Å². The van der Waals surface area contributed by atoms with Gasteiger partial charge in [-0.3, -0.25) is 9.69 Å². The van der Waals surface area contributed by atoms with Crippen molar-refractivity contribution in [2.75, 3.05) is 25.1 Å². The van der Waals surface area contributed by atoms with Gasteiger partial charge in [-0.2, -0.15) is 4.98 Å². The molecule has 47 heavy (non-hydrogen) atoms. The molecule has 1 aliphatic rings. The number of fused-ring (bicyclic) bond motifs is 2. The van der Waals surface area contributed by atoms with Gasteiger partial charge < -0.3 is 24.6 Å². The Balaban J connectivity index is 1.22. The monoisotopic (exact) mass is 661 g/mol. The normalized spacial score (nSPS) is 16.2. The van der Waals surface area contributed by atoms with Crippen molar-refractivity contribution in [2.45, 2.75) is 51.9 Å². The maximum atomic E-state index is 15.3. The number of amides is 2. The molecule has 0 radical (unpaired) electrons. The molecule has 5 heterocycles. The summed E-state index contributed by atoms with van der Waals surface area (Å²) in [5, 5.41) is 20.6. The fourth-order valence-electron chi connectivity index (χ4n) is 5.49. The number of ether oxygens (including phenoxy) is 2. The number of anilines is 1. The van der Waals surface area contributed by atoms with Crippen molar-refractivity contribution in [3.8, 4) is 22.3 Å². The highest BCUT2D eigenvalue weighted by Crippen LogP contribution is 2.36. The zero-order valence-corrected chi connectivity index (χ0v) is 26.9. The lowest BCUT2D eigenvalue weighted by Crippen LogP contribution is -2.46. The van der Waals surface area contributed by atoms with E-state index in [-0.39, 0.29) is 29.7 Å². The van der Waals surface area contributed by atoms with Crippen molar-refractivity contribution < 1.29 is 33.7 Å². The maximum Gasteiger partial charge on any atom is 0.412 e. The van der Waals surface area contributed by atoms with Crippen LogP contribution in [-0.4, -0.2) is 90.5 Å². The Morgan fingerprint density at radius 3 is 2.62 bits per heavy atom. The molecule has 2 N–H and O–H groups in total. The van der Waals surface area contributed by atoms with Crippen LogP contribution >= 0.6 is 11.3 Å². The minimum atomic E-state index is -1.28. The molecule has 1 fully saturated rings. The van der Waals surface area contributed by atoms with Crippen LogP contribution in [0, 0.1) is 12.7 Å². The zero-order valence-electron chi connectivity index (χ0n) is 26.0. The van der Waals surface area contributed by atoms with Crippen molar-refractivity contribution in [3.63, 3.8) is 0 Å². The quantitative estimate of drug-likeness (QED) is 0.228. The first-order valence-corrected chi connectivity index (χ1v) is 15.7. The number of thiazole rings is 1. The molecule has 2 amide bonds. The van der Waals surface area contributed by atoms with Crippen molar-refractivity contribution in [1.29, 1.82) is 0 Å². The molecule has 0 aliphatic carbocycles. The summed E-state index contributed by atoms with van der Waals surface area (Å²) in [5.41, 5.74) is 3.57. The van der Waals surface area contributed by atoms with Crippen LogP contribution in [0.4, 0.5) is 14.9 Å². The van der Waals surface area contributed by atoms with Gasteiger partial charge in [0.15, 0.2) is 5.82 Å². The second-order valence-electron chi connectivity index (χ2n) is 11.4. The lowest BCUT2D eigenvalue weighted by Gasteiger charge is -2.31. The Labute approximate surface area is 272 Å². The third-order valence-electron chi connectivity index (χ3n) is 8.03. The van der Waals surface area contributed by atoms with E-state index in [1.54, 1.807) is 13.8 Å². The number of carbonyl (C=O) groups excluding carboxylic acids is 1. The summed E-state index contributed by atoms with van der Waals surface area (Å²) in [4.78, 5) is 50.4. The van der Waals surface area contributed by atoms with Crippen molar-refractivity contribution >= 4 is 50.4 Å². The van der Waals surface area contributed by atoms with E-state index in [2.05, 4.69) is 24.9 Å². The molecule has 0 saturated carbocycles. The Kier molecular flexibility index (Phi) is 8.84. The summed E-state index contributed by atoms with van der Waals surface area (Å²) in [7, 11) is 1.52. The standard InChI is InChI=1S/C32H32FN7O6S/c1-16-10-21(27-24(11-16)36-26(45-4)14-35-27)29-37-25-12-22(33)28(38-30(25)47-29)46-18(3)17(2)40(32(43)44)19-7-8-23(34-13-19)31(42)39-9-5-6-20(41)15-39/h7-8,10-14,17-18,20,41H,5-6,9,15H2,1-4H3,(H,43,44). The van der Waals surface area contributed by atoms with E-state index in [4.69, 9.17) is 9.47 Å². The molecule has 15 heteroatoms. The number of pyridine rings is 2. The van der Waals surface area contributed by atoms with E-state index >= 15 is 4.39 Å². The Bertz CT molecular complexity index is 1970. The number of aliphatic hydroxyl groups excluding tert-OH is 1. The number of hydrogen-bond donors (Lipinski definition) is 2. The first kappa shape index (κ1) is 31.9. The molecule has 0 spiro atoms. The summed E-state index contributed by atoms with van der Waals surface area (Å²) in [6.07, 6.45) is 1.43. The van der Waals surface area contributed by atoms with Crippen LogP contribution < -0.4 is 14.4 Å². The Morgan fingerprint density at radius 2 is 1.91 bits per heavy atom. The van der Waals surface area contributed by atoms with E-state index in [1.165, 1.54) is 53.9 Å². The summed E-state index contributed by atoms with van der Waals surface area (Å²) >= 11 is 1.24. The van der Waals surface area contributed by atoms with Gasteiger partial charge in [-0.15, -0.1) is 0 Å². The van der Waals surface area contributed by atoms with Gasteiger partial charge in [-0.25, -0.2) is 29.1 Å². The van der Waals surface area contributed by atoms with Gasteiger partial charge in [-0.1, -0.05) is 11.3 Å². The number of nitrogens with zero attached hydrogens (tertiary/aromatic N) is 7. The number of rotatable bonds is 8. The highest BCUT2D eigenvalue weighted by molar-refractivity contribution is 7.21. The van der Waals surface area contributed by atoms with Crippen LogP contribution in [0.1, 0.15) is 42.7 Å². The number of aryl methyl sites for hydroxylation is 1. The van der Waals surface area contributed by atoms with Gasteiger partial charge in [0.25, 0.3) is 11.8 Å². The topological polar surface area (TPSA) is 164 Å². The smallest absolute Gasteiger partial charge is 0.412 e. The third-order valence-corrected chi connectivity index (χ3v) is 9.03. The summed E-state index contributed by atoms with van der Waals surface area (Å²) in [6.45, 7) is 5.90. The minimum Gasteiger partial charge on any atom is -0.480 e. The molecule has 4 aromatic heterocycles. The first-order chi connectivity index (χ1) is 22.5. The molecule has 244 valence electrons. The summed E-state index contributed by atoms with van der Waals surface area (Å²) in [6, 6.07) is 7.17. The molecule has 5 aromatic rings. The van der Waals surface area contributed by atoms with Gasteiger partial charge in [0.1, 0.15) is 27.2 Å². The van der Waals surface area contributed by atoms with Gasteiger partial charge in [0.05, 0.1) is 48.4 Å². The Hall–Kier alpha value is -5.02. The molecular weight excluding hydrogens is 629 g/mol. The lowest BCUT2D eigenvalue weighted by molar-refractivity contribution is 0.0469. The third kappa shape index (κ3) is 6.49. The van der Waals surface area contributed by atoms with Gasteiger partial charge in [-0.05, 0) is 63.4 Å². The minimum absolute atomic E-state index is 0.138. The maximum absolute atomic E-state index is 15.3. The van der Waals surface area contributed by atoms with Crippen LogP contribution in [0.15, 0.2) is 42.7 Å². The Morgan fingerprint density at radius 1 is 1.11 bits per heavy atom. The molecule has 0 bridgehead atoms. The van der Waals surface area contributed by atoms with Crippen molar-refractivity contribution in [3.05, 3.63) is 59.8 Å². The van der Waals surface area contributed by atoms with E-state index in [1.807, 2.05) is 19.1 Å². The highest BCUT2D eigenvalue weighted by atomic mass is 32.1. The van der Waals surface area contributed by atoms with E-state index in [0.29, 0.717) is 51.7 Å². The molecule has 3 atom stereocenters. The number of piperidine rings is 1. The summed E-state index contributed by atoms with van der Waals surface area (Å²) < 4.78 is 26.4. The number of hydrogen-bond acceptors (Lipinski definition) is 11. The second-order valence-corrected chi connectivity index (χ2v) is 12.4. The van der Waals surface area contributed by atoms with Gasteiger partial charge in [0.2, 0.25) is 5.88 Å². The zero-order chi connectivity index (χ0) is 33.4. The predicted molar refractivity (Wildman–Crippen MR) is 173 cm³/mol. The lowest BCUT2D eigenvalue weighted by atomic mass is 10.1. The molecule has 1 aliphatic heterocycles. The number of aliphatic hydroxyl groups is 1. The average Bonchev–Trinajstić information content (AvgIpc) is 3.46. The van der Waals surface area contributed by atoms with Crippen LogP contribution in [0.25, 0.3) is 32.0 Å². The SMILES string of the molecule is COc1cnc2c(-c3nc4cc(F)c(OC(C)C(C)N(C(=O)O)c5ccc(C(=O)N6CCCC(O)C6)nc5)nc4s3)cc(C)cc2n1. The number of methoxy groups -OCH3 is 1. The van der Waals surface area contributed by atoms with Crippen LogP contribution in [0.2, 0.25) is 0 Å². The first-order valence-electron chi connectivity index (χ1n) is 14.9. The highest BCUT2D eigenvalue weighted by Gasteiger charge is 2.30. The van der Waals surface area contributed by atoms with Gasteiger partial charge in [0, 0.05) is 24.7 Å². The molecular formula is C32H32FN7O6S. The number of halogens is 1. The van der Waals surface area contributed by atoms with E-state index in [9.17, 15) is 19.8 Å². The fraction of sp³-hybridized carbons (Fsp3) is 0.344. The molecule has 6 rings (SSSR count). The number of benzene rings is 1. The number of β-amino-alcohol motifs (C(OH)–C–C–N with tert-alkyl or cyclic N) is 1. The largest absolute Gasteiger partial charge is 0.480 e. The summed E-state index contributed by atoms with van der Waals surface area (Å²) in [5.74, 6) is -1.000.